The number of carbonyl (C=O) groups is 2. The van der Waals surface area contributed by atoms with Gasteiger partial charge >= 0.3 is 11.9 Å². The summed E-state index contributed by atoms with van der Waals surface area (Å²) in [7, 11) is 0. The summed E-state index contributed by atoms with van der Waals surface area (Å²) in [5, 5.41) is 51.0. The lowest BCUT2D eigenvalue weighted by Crippen LogP contribution is -2.36. The van der Waals surface area contributed by atoms with Crippen LogP contribution in [0, 0.1) is 0 Å². The van der Waals surface area contributed by atoms with Crippen LogP contribution in [0.3, 0.4) is 0 Å². The summed E-state index contributed by atoms with van der Waals surface area (Å²) < 4.78 is 0. The van der Waals surface area contributed by atoms with E-state index in [2.05, 4.69) is 0 Å². The van der Waals surface area contributed by atoms with Crippen LogP contribution in [0.5, 0.6) is 0 Å². The number of aliphatic hydroxyl groups excluding tert-OH is 4. The molecule has 0 amide bonds. The van der Waals surface area contributed by atoms with E-state index in [1.807, 2.05) is 0 Å². The first-order chi connectivity index (χ1) is 6.29. The molecular weight excluding hydrogens is 200 g/mol. The summed E-state index contributed by atoms with van der Waals surface area (Å²) in [6.07, 6.45) is -4.82. The van der Waals surface area contributed by atoms with Crippen LogP contribution in [0.2, 0.25) is 0 Å². The van der Waals surface area contributed by atoms with Crippen LogP contribution in [0.4, 0.5) is 0 Å². The Kier molecular flexibility index (Phi) is 3.87. The molecule has 0 radical (unpaired) electrons. The quantitative estimate of drug-likeness (QED) is 0.233. The predicted molar refractivity (Wildman–Crippen MR) is 39.6 cm³/mol. The molecule has 0 aromatic rings. The van der Waals surface area contributed by atoms with Crippen molar-refractivity contribution in [3.8, 4) is 0 Å². The van der Waals surface area contributed by atoms with Crippen LogP contribution in [0.25, 0.3) is 0 Å². The molecule has 0 aliphatic carbocycles. The molecule has 2 unspecified atom stereocenters. The maximum atomic E-state index is 10.1. The molecule has 14 heavy (non-hydrogen) atoms. The molecular formula is C6H8O8. The topological polar surface area (TPSA) is 156 Å². The fourth-order valence-electron chi connectivity index (χ4n) is 0.534. The highest BCUT2D eigenvalue weighted by Gasteiger charge is 2.30. The van der Waals surface area contributed by atoms with Gasteiger partial charge in [0.05, 0.1) is 0 Å². The first kappa shape index (κ1) is 12.2. The van der Waals surface area contributed by atoms with Gasteiger partial charge in [-0.3, -0.25) is 0 Å². The second-order valence-corrected chi connectivity index (χ2v) is 2.27. The van der Waals surface area contributed by atoms with Crippen LogP contribution < -0.4 is 0 Å². The largest absolute Gasteiger partial charge is 0.506 e. The lowest BCUT2D eigenvalue weighted by Gasteiger charge is -2.13. The number of rotatable bonds is 4. The van der Waals surface area contributed by atoms with Crippen molar-refractivity contribution < 1.29 is 40.2 Å². The monoisotopic (exact) mass is 208 g/mol. The molecule has 2 atom stereocenters. The normalized spacial score (nSPS) is 16.7. The Labute approximate surface area is 77.0 Å². The first-order valence-electron chi connectivity index (χ1n) is 3.23. The number of aliphatic carboxylic acids is 2. The van der Waals surface area contributed by atoms with Gasteiger partial charge in [0.2, 0.25) is 5.76 Å². The Balaban J connectivity index is 4.86. The lowest BCUT2D eigenvalue weighted by molar-refractivity contribution is -0.153. The number of hydrogen-bond acceptors (Lipinski definition) is 6. The number of carboxylic acid groups (broad SMARTS) is 2. The Morgan fingerprint density at radius 2 is 1.29 bits per heavy atom. The first-order valence-corrected chi connectivity index (χ1v) is 3.23. The van der Waals surface area contributed by atoms with Crippen molar-refractivity contribution in [1.29, 1.82) is 0 Å². The minimum atomic E-state index is -2.42. The molecule has 0 saturated carbocycles. The standard InChI is InChI=1S/C6H8O8/c7-1(3(9)5(11)12)2(8)4(10)6(13)14/h1,3,7-10H,(H,11,12)(H,13,14)/b4-2+. The van der Waals surface area contributed by atoms with Gasteiger partial charge in [-0.2, -0.15) is 0 Å². The smallest absolute Gasteiger partial charge is 0.374 e. The molecule has 0 heterocycles. The van der Waals surface area contributed by atoms with Crippen LogP contribution in [0.15, 0.2) is 11.5 Å². The average molecular weight is 208 g/mol. The summed E-state index contributed by atoms with van der Waals surface area (Å²) in [6.45, 7) is 0. The van der Waals surface area contributed by atoms with Gasteiger partial charge in [-0.15, -0.1) is 0 Å². The van der Waals surface area contributed by atoms with Gasteiger partial charge in [-0.05, 0) is 0 Å². The van der Waals surface area contributed by atoms with Crippen molar-refractivity contribution in [2.45, 2.75) is 12.2 Å². The van der Waals surface area contributed by atoms with Gasteiger partial charge in [-0.25, -0.2) is 9.59 Å². The zero-order chi connectivity index (χ0) is 11.5. The van der Waals surface area contributed by atoms with Crippen molar-refractivity contribution in [3.05, 3.63) is 11.5 Å². The molecule has 80 valence electrons. The SMILES string of the molecule is O=C(O)/C(O)=C(\O)C(O)C(O)C(=O)O. The highest BCUT2D eigenvalue weighted by molar-refractivity contribution is 5.84. The van der Waals surface area contributed by atoms with Crippen LogP contribution in [0.1, 0.15) is 0 Å². The second kappa shape index (κ2) is 4.44. The minimum absolute atomic E-state index is 1.52. The maximum absolute atomic E-state index is 10.1. The fourth-order valence-corrected chi connectivity index (χ4v) is 0.534. The van der Waals surface area contributed by atoms with Crippen molar-refractivity contribution in [2.24, 2.45) is 0 Å². The van der Waals surface area contributed by atoms with Gasteiger partial charge in [0, 0.05) is 0 Å². The molecule has 0 aliphatic heterocycles. The zero-order valence-electron chi connectivity index (χ0n) is 6.65. The van der Waals surface area contributed by atoms with Crippen LogP contribution >= 0.6 is 0 Å². The highest BCUT2D eigenvalue weighted by atomic mass is 16.4. The number of aliphatic hydroxyl groups is 4. The molecule has 6 N–H and O–H groups in total. The summed E-state index contributed by atoms with van der Waals surface area (Å²) >= 11 is 0. The van der Waals surface area contributed by atoms with E-state index in [1.165, 1.54) is 0 Å². The van der Waals surface area contributed by atoms with E-state index in [9.17, 15) is 9.59 Å². The van der Waals surface area contributed by atoms with E-state index in [4.69, 9.17) is 30.6 Å². The molecule has 0 aromatic carbocycles. The Morgan fingerprint density at radius 1 is 0.857 bits per heavy atom. The molecule has 0 spiro atoms. The Hall–Kier alpha value is -1.80. The van der Waals surface area contributed by atoms with Gasteiger partial charge in [-0.1, -0.05) is 0 Å². The van der Waals surface area contributed by atoms with Crippen LogP contribution in [-0.4, -0.2) is 54.8 Å². The molecule has 0 rings (SSSR count). The maximum Gasteiger partial charge on any atom is 0.374 e. The third-order valence-electron chi connectivity index (χ3n) is 1.28. The van der Waals surface area contributed by atoms with Gasteiger partial charge in [0.25, 0.3) is 0 Å². The van der Waals surface area contributed by atoms with E-state index < -0.39 is 35.7 Å². The highest BCUT2D eigenvalue weighted by Crippen LogP contribution is 2.08. The molecule has 0 fully saturated rings. The fraction of sp³-hybridized carbons (Fsp3) is 0.333. The van der Waals surface area contributed by atoms with Gasteiger partial charge < -0.3 is 30.6 Å². The van der Waals surface area contributed by atoms with Crippen molar-refractivity contribution in [1.82, 2.24) is 0 Å². The van der Waals surface area contributed by atoms with E-state index in [0.717, 1.165) is 0 Å². The predicted octanol–water partition coefficient (Wildman–Crippen LogP) is -1.79. The number of carboxylic acids is 2. The molecule has 0 aliphatic rings. The van der Waals surface area contributed by atoms with E-state index in [1.54, 1.807) is 0 Å². The summed E-state index contributed by atoms with van der Waals surface area (Å²) in [4.78, 5) is 20.1. The van der Waals surface area contributed by atoms with E-state index in [0.29, 0.717) is 0 Å². The third-order valence-corrected chi connectivity index (χ3v) is 1.28. The summed E-state index contributed by atoms with van der Waals surface area (Å²) in [6, 6.07) is 0. The number of hydrogen-bond donors (Lipinski definition) is 6. The Morgan fingerprint density at radius 3 is 1.57 bits per heavy atom. The summed E-state index contributed by atoms with van der Waals surface area (Å²) in [5.41, 5.74) is 0. The van der Waals surface area contributed by atoms with Gasteiger partial charge in [0.1, 0.15) is 0 Å². The second-order valence-electron chi connectivity index (χ2n) is 2.27. The van der Waals surface area contributed by atoms with Crippen LogP contribution in [-0.2, 0) is 9.59 Å². The van der Waals surface area contributed by atoms with Crippen molar-refractivity contribution >= 4 is 11.9 Å². The minimum Gasteiger partial charge on any atom is -0.506 e. The van der Waals surface area contributed by atoms with E-state index in [-0.39, 0.29) is 0 Å². The lowest BCUT2D eigenvalue weighted by atomic mass is 10.1. The summed E-state index contributed by atoms with van der Waals surface area (Å²) in [5.74, 6) is -6.98. The van der Waals surface area contributed by atoms with E-state index >= 15 is 0 Å². The van der Waals surface area contributed by atoms with Gasteiger partial charge in [0.15, 0.2) is 18.0 Å². The molecule has 0 saturated heterocycles. The Bertz CT molecular complexity index is 280. The molecule has 8 nitrogen and oxygen atoms in total. The third kappa shape index (κ3) is 2.61. The molecule has 0 aromatic heterocycles. The molecule has 8 heteroatoms. The molecule has 0 bridgehead atoms. The van der Waals surface area contributed by atoms with Crippen molar-refractivity contribution in [3.63, 3.8) is 0 Å². The van der Waals surface area contributed by atoms with Crippen molar-refractivity contribution in [2.75, 3.05) is 0 Å². The average Bonchev–Trinajstić information content (AvgIpc) is 2.12. The zero-order valence-corrected chi connectivity index (χ0v) is 6.65.